The van der Waals surface area contributed by atoms with Crippen molar-refractivity contribution in [3.8, 4) is 0 Å². The number of fused-ring (bicyclic) bond motifs is 1. The number of piperidine rings is 1. The number of aryl methyl sites for hydroxylation is 1. The van der Waals surface area contributed by atoms with E-state index in [-0.39, 0.29) is 23.9 Å². The molecular formula is C25H29N3O3. The summed E-state index contributed by atoms with van der Waals surface area (Å²) in [4.78, 5) is 31.8. The summed E-state index contributed by atoms with van der Waals surface area (Å²) in [6.07, 6.45) is 2.85. The molecule has 2 heterocycles. The second-order valence-corrected chi connectivity index (χ2v) is 8.82. The lowest BCUT2D eigenvalue weighted by Crippen LogP contribution is -2.49. The van der Waals surface area contributed by atoms with Gasteiger partial charge in [-0.3, -0.25) is 14.2 Å². The fourth-order valence-corrected chi connectivity index (χ4v) is 4.32. The number of hydrogen-bond donors (Lipinski definition) is 1. The van der Waals surface area contributed by atoms with Gasteiger partial charge in [0, 0.05) is 19.5 Å². The highest BCUT2D eigenvalue weighted by Crippen LogP contribution is 2.26. The lowest BCUT2D eigenvalue weighted by atomic mass is 9.90. The summed E-state index contributed by atoms with van der Waals surface area (Å²) in [6.45, 7) is 5.20. The first-order valence-electron chi connectivity index (χ1n) is 10.9. The van der Waals surface area contributed by atoms with Crippen molar-refractivity contribution in [2.24, 2.45) is 0 Å². The normalized spacial score (nSPS) is 16.9. The topological polar surface area (TPSA) is 75.4 Å². The summed E-state index contributed by atoms with van der Waals surface area (Å²) in [7, 11) is 0. The van der Waals surface area contributed by atoms with E-state index in [2.05, 4.69) is 11.9 Å². The molecule has 4 rings (SSSR count). The number of aliphatic hydroxyl groups is 1. The number of nitrogens with zero attached hydrogens (tertiary/aromatic N) is 3. The van der Waals surface area contributed by atoms with E-state index < -0.39 is 5.60 Å². The molecule has 0 bridgehead atoms. The van der Waals surface area contributed by atoms with Gasteiger partial charge in [-0.25, -0.2) is 4.98 Å². The molecule has 3 aromatic rings. The minimum atomic E-state index is -1.02. The first-order chi connectivity index (χ1) is 14.8. The van der Waals surface area contributed by atoms with E-state index in [9.17, 15) is 14.7 Å². The molecule has 0 aliphatic carbocycles. The van der Waals surface area contributed by atoms with Crippen molar-refractivity contribution in [1.29, 1.82) is 0 Å². The molecule has 1 saturated heterocycles. The van der Waals surface area contributed by atoms with Crippen LogP contribution in [-0.2, 0) is 11.3 Å². The van der Waals surface area contributed by atoms with Crippen molar-refractivity contribution >= 4 is 16.8 Å². The van der Waals surface area contributed by atoms with Crippen molar-refractivity contribution in [2.75, 3.05) is 13.1 Å². The van der Waals surface area contributed by atoms with E-state index in [1.54, 1.807) is 6.07 Å². The number of hydrogen-bond acceptors (Lipinski definition) is 4. The van der Waals surface area contributed by atoms with E-state index in [1.807, 2.05) is 54.3 Å². The molecule has 0 saturated carbocycles. The third-order valence-corrected chi connectivity index (χ3v) is 6.34. The van der Waals surface area contributed by atoms with E-state index in [0.717, 1.165) is 11.1 Å². The molecular weight excluding hydrogens is 390 g/mol. The van der Waals surface area contributed by atoms with E-state index >= 15 is 0 Å². The van der Waals surface area contributed by atoms with Crippen LogP contribution >= 0.6 is 0 Å². The maximum absolute atomic E-state index is 12.8. The Hall–Kier alpha value is -2.99. The molecule has 162 valence electrons. The Kier molecular flexibility index (Phi) is 5.92. The predicted molar refractivity (Wildman–Crippen MR) is 121 cm³/mol. The molecule has 6 heteroatoms. The third kappa shape index (κ3) is 4.69. The average Bonchev–Trinajstić information content (AvgIpc) is 2.76. The van der Waals surface area contributed by atoms with E-state index in [1.165, 1.54) is 10.9 Å². The highest BCUT2D eigenvalue weighted by atomic mass is 16.3. The largest absolute Gasteiger partial charge is 0.388 e. The van der Waals surface area contributed by atoms with Gasteiger partial charge in [-0.1, -0.05) is 43.3 Å². The number of rotatable bonds is 5. The summed E-state index contributed by atoms with van der Waals surface area (Å²) in [5.41, 5.74) is 1.71. The number of carbonyl (C=O) groups excluding carboxylic acids is 1. The summed E-state index contributed by atoms with van der Waals surface area (Å²) >= 11 is 0. The monoisotopic (exact) mass is 419 g/mol. The standard InChI is InChI=1S/C25H29N3O3/c1-18-8-9-21-22(14-18)26-17-28(24(21)30)16-25(31)10-12-27(13-11-25)23(29)15-19(2)20-6-4-3-5-7-20/h3-9,14,17,19,31H,10-13,15-16H2,1-2H3. The molecule has 2 aromatic carbocycles. The molecule has 1 N–H and O–H groups in total. The number of aromatic nitrogens is 2. The van der Waals surface area contributed by atoms with E-state index in [4.69, 9.17) is 0 Å². The van der Waals surface area contributed by atoms with Crippen molar-refractivity contribution < 1.29 is 9.90 Å². The smallest absolute Gasteiger partial charge is 0.261 e. The Labute approximate surface area is 182 Å². The highest BCUT2D eigenvalue weighted by molar-refractivity contribution is 5.78. The number of benzene rings is 2. The number of likely N-dealkylation sites (tertiary alicyclic amines) is 1. The zero-order valence-corrected chi connectivity index (χ0v) is 18.1. The van der Waals surface area contributed by atoms with Gasteiger partial charge in [-0.05, 0) is 48.9 Å². The van der Waals surface area contributed by atoms with Gasteiger partial charge in [0.2, 0.25) is 5.91 Å². The number of carbonyl (C=O) groups is 1. The van der Waals surface area contributed by atoms with Gasteiger partial charge in [0.15, 0.2) is 0 Å². The van der Waals surface area contributed by atoms with Crippen molar-refractivity contribution in [3.63, 3.8) is 0 Å². The number of amides is 1. The van der Waals surface area contributed by atoms with Crippen LogP contribution in [-0.4, -0.2) is 44.2 Å². The summed E-state index contributed by atoms with van der Waals surface area (Å²) < 4.78 is 1.49. The van der Waals surface area contributed by atoms with Crippen LogP contribution in [0.2, 0.25) is 0 Å². The Bertz CT molecular complexity index is 1130. The van der Waals surface area contributed by atoms with Gasteiger partial charge < -0.3 is 10.0 Å². The molecule has 1 fully saturated rings. The molecule has 1 aromatic heterocycles. The highest BCUT2D eigenvalue weighted by Gasteiger charge is 2.35. The quantitative estimate of drug-likeness (QED) is 0.689. The van der Waals surface area contributed by atoms with Gasteiger partial charge in [0.1, 0.15) is 0 Å². The molecule has 1 atom stereocenters. The maximum Gasteiger partial charge on any atom is 0.261 e. The molecule has 31 heavy (non-hydrogen) atoms. The van der Waals surface area contributed by atoms with Crippen LogP contribution in [0.3, 0.4) is 0 Å². The average molecular weight is 420 g/mol. The van der Waals surface area contributed by atoms with Crippen LogP contribution in [0.4, 0.5) is 0 Å². The first-order valence-corrected chi connectivity index (χ1v) is 10.9. The van der Waals surface area contributed by atoms with Crippen LogP contribution in [0, 0.1) is 6.92 Å². The molecule has 1 aliphatic heterocycles. The summed E-state index contributed by atoms with van der Waals surface area (Å²) in [5, 5.41) is 11.7. The molecule has 0 spiro atoms. The third-order valence-electron chi connectivity index (χ3n) is 6.34. The lowest BCUT2D eigenvalue weighted by molar-refractivity contribution is -0.136. The first kappa shape index (κ1) is 21.2. The predicted octanol–water partition coefficient (Wildman–Crippen LogP) is 3.25. The fraction of sp³-hybridized carbons (Fsp3) is 0.400. The Morgan fingerprint density at radius 3 is 2.58 bits per heavy atom. The van der Waals surface area contributed by atoms with Crippen LogP contribution in [0.15, 0.2) is 59.7 Å². The Morgan fingerprint density at radius 2 is 1.87 bits per heavy atom. The molecule has 1 amide bonds. The second kappa shape index (κ2) is 8.63. The van der Waals surface area contributed by atoms with Crippen LogP contribution in [0.1, 0.15) is 43.2 Å². The van der Waals surface area contributed by atoms with Gasteiger partial charge in [0.25, 0.3) is 5.56 Å². The minimum Gasteiger partial charge on any atom is -0.388 e. The maximum atomic E-state index is 12.8. The Morgan fingerprint density at radius 1 is 1.16 bits per heavy atom. The fourth-order valence-electron chi connectivity index (χ4n) is 4.32. The van der Waals surface area contributed by atoms with Crippen molar-refractivity contribution in [2.45, 2.75) is 51.2 Å². The molecule has 1 unspecified atom stereocenters. The van der Waals surface area contributed by atoms with Gasteiger partial charge in [-0.15, -0.1) is 0 Å². The van der Waals surface area contributed by atoms with Gasteiger partial charge in [0.05, 0.1) is 29.4 Å². The summed E-state index contributed by atoms with van der Waals surface area (Å²) in [6, 6.07) is 15.6. The van der Waals surface area contributed by atoms with Gasteiger partial charge >= 0.3 is 0 Å². The van der Waals surface area contributed by atoms with Crippen LogP contribution in [0.25, 0.3) is 10.9 Å². The van der Waals surface area contributed by atoms with Crippen LogP contribution < -0.4 is 5.56 Å². The van der Waals surface area contributed by atoms with E-state index in [0.29, 0.717) is 43.3 Å². The zero-order chi connectivity index (χ0) is 22.0. The molecule has 0 radical (unpaired) electrons. The zero-order valence-electron chi connectivity index (χ0n) is 18.1. The molecule has 1 aliphatic rings. The van der Waals surface area contributed by atoms with Gasteiger partial charge in [-0.2, -0.15) is 0 Å². The Balaban J connectivity index is 1.39. The van der Waals surface area contributed by atoms with Crippen molar-refractivity contribution in [3.05, 3.63) is 76.3 Å². The van der Waals surface area contributed by atoms with Crippen LogP contribution in [0.5, 0.6) is 0 Å². The van der Waals surface area contributed by atoms with Crippen molar-refractivity contribution in [1.82, 2.24) is 14.5 Å². The SMILES string of the molecule is Cc1ccc2c(=O)n(CC3(O)CCN(C(=O)CC(C)c4ccccc4)CC3)cnc2c1. The minimum absolute atomic E-state index is 0.110. The summed E-state index contributed by atoms with van der Waals surface area (Å²) in [5.74, 6) is 0.263. The lowest BCUT2D eigenvalue weighted by Gasteiger charge is -2.38. The molecule has 6 nitrogen and oxygen atoms in total. The second-order valence-electron chi connectivity index (χ2n) is 8.82.